The molecule has 0 radical (unpaired) electrons. The number of nitrogens with one attached hydrogen (secondary N) is 2. The van der Waals surface area contributed by atoms with Crippen molar-refractivity contribution < 1.29 is 9.13 Å². The van der Waals surface area contributed by atoms with Crippen LogP contribution < -0.4 is 10.6 Å². The van der Waals surface area contributed by atoms with Crippen LogP contribution in [0.5, 0.6) is 0 Å². The van der Waals surface area contributed by atoms with E-state index in [0.717, 1.165) is 66.0 Å². The first-order chi connectivity index (χ1) is 15.7. The Bertz CT molecular complexity index is 1210. The van der Waals surface area contributed by atoms with E-state index in [1.807, 2.05) is 25.4 Å². The smallest absolute Gasteiger partial charge is 0.190 e. The molecule has 0 spiro atoms. The topological polar surface area (TPSA) is 75.2 Å². The second kappa shape index (κ2) is 9.15. The number of hydrogen-bond acceptors (Lipinski definition) is 8. The number of pyridine rings is 2. The van der Waals surface area contributed by atoms with Crippen LogP contribution in [0, 0.1) is 5.82 Å². The molecule has 4 aromatic rings. The predicted octanol–water partition coefficient (Wildman–Crippen LogP) is 4.51. The lowest BCUT2D eigenvalue weighted by Crippen LogP contribution is -2.35. The fourth-order valence-corrected chi connectivity index (χ4v) is 4.53. The highest BCUT2D eigenvalue weighted by atomic mass is 32.1. The Hall–Kier alpha value is -3.14. The molecule has 4 heterocycles. The van der Waals surface area contributed by atoms with Gasteiger partial charge in [0.25, 0.3) is 0 Å². The first-order valence-corrected chi connectivity index (χ1v) is 11.3. The molecule has 1 aromatic carbocycles. The molecule has 0 unspecified atom stereocenters. The van der Waals surface area contributed by atoms with E-state index >= 15 is 0 Å². The van der Waals surface area contributed by atoms with E-state index in [4.69, 9.17) is 9.72 Å². The molecule has 9 heteroatoms. The van der Waals surface area contributed by atoms with E-state index in [2.05, 4.69) is 31.6 Å². The zero-order valence-corrected chi connectivity index (χ0v) is 18.5. The minimum absolute atomic E-state index is 0.267. The molecule has 1 aliphatic rings. The van der Waals surface area contributed by atoms with Crippen LogP contribution in [0.25, 0.3) is 21.5 Å². The Morgan fingerprint density at radius 1 is 1.06 bits per heavy atom. The van der Waals surface area contributed by atoms with Gasteiger partial charge in [0.2, 0.25) is 0 Å². The van der Waals surface area contributed by atoms with Gasteiger partial charge in [-0.1, -0.05) is 29.5 Å². The SMILES string of the molecule is CNc1cc(-c2ccc(F)cc2)c2nc(Nc3ccc(CN4CCOCC4)cn3)sc2n1. The van der Waals surface area contributed by atoms with E-state index in [9.17, 15) is 4.39 Å². The Kier molecular flexibility index (Phi) is 5.93. The molecule has 1 aliphatic heterocycles. The zero-order chi connectivity index (χ0) is 21.9. The van der Waals surface area contributed by atoms with Crippen molar-refractivity contribution in [2.75, 3.05) is 44.0 Å². The van der Waals surface area contributed by atoms with E-state index < -0.39 is 0 Å². The molecule has 0 aliphatic carbocycles. The predicted molar refractivity (Wildman–Crippen MR) is 126 cm³/mol. The summed E-state index contributed by atoms with van der Waals surface area (Å²) in [5.74, 6) is 1.20. The van der Waals surface area contributed by atoms with Gasteiger partial charge in [-0.2, -0.15) is 0 Å². The van der Waals surface area contributed by atoms with Gasteiger partial charge in [0.1, 0.15) is 27.8 Å². The summed E-state index contributed by atoms with van der Waals surface area (Å²) in [5, 5.41) is 7.09. The summed E-state index contributed by atoms with van der Waals surface area (Å²) in [6, 6.07) is 12.4. The van der Waals surface area contributed by atoms with Gasteiger partial charge in [0.05, 0.1) is 13.2 Å². The molecule has 0 saturated carbocycles. The van der Waals surface area contributed by atoms with Crippen LogP contribution in [0.3, 0.4) is 0 Å². The molecular weight excluding hydrogens is 427 g/mol. The monoisotopic (exact) mass is 450 g/mol. The largest absolute Gasteiger partial charge is 0.379 e. The summed E-state index contributed by atoms with van der Waals surface area (Å²) in [6.07, 6.45) is 1.90. The minimum Gasteiger partial charge on any atom is -0.379 e. The zero-order valence-electron chi connectivity index (χ0n) is 17.6. The highest BCUT2D eigenvalue weighted by Crippen LogP contribution is 2.35. The summed E-state index contributed by atoms with van der Waals surface area (Å²) in [4.78, 5) is 17.1. The molecule has 2 N–H and O–H groups in total. The number of nitrogens with zero attached hydrogens (tertiary/aromatic N) is 4. The van der Waals surface area contributed by atoms with E-state index in [-0.39, 0.29) is 5.82 Å². The first kappa shape index (κ1) is 20.7. The first-order valence-electron chi connectivity index (χ1n) is 10.5. The maximum absolute atomic E-state index is 13.4. The van der Waals surface area contributed by atoms with Crippen molar-refractivity contribution in [2.24, 2.45) is 0 Å². The Labute approximate surface area is 189 Å². The third kappa shape index (κ3) is 4.55. The molecule has 0 bridgehead atoms. The Balaban J connectivity index is 1.38. The van der Waals surface area contributed by atoms with Crippen LogP contribution in [0.1, 0.15) is 5.56 Å². The summed E-state index contributed by atoms with van der Waals surface area (Å²) < 4.78 is 18.8. The van der Waals surface area contributed by atoms with Gasteiger partial charge in [-0.25, -0.2) is 19.3 Å². The standard InChI is InChI=1S/C23H23FN6OS/c1-25-20-12-18(16-3-5-17(24)6-4-16)21-22(27-20)32-23(29-21)28-19-7-2-15(13-26-19)14-30-8-10-31-11-9-30/h2-7,12-13H,8-11,14H2,1H3,(H,25,27)(H,26,28,29). The summed E-state index contributed by atoms with van der Waals surface area (Å²) in [7, 11) is 1.82. The van der Waals surface area contributed by atoms with Gasteiger partial charge in [0, 0.05) is 38.4 Å². The maximum atomic E-state index is 13.4. The fraction of sp³-hybridized carbons (Fsp3) is 0.261. The summed E-state index contributed by atoms with van der Waals surface area (Å²) in [5.41, 5.74) is 3.72. The molecule has 7 nitrogen and oxygen atoms in total. The van der Waals surface area contributed by atoms with Crippen molar-refractivity contribution in [2.45, 2.75) is 6.54 Å². The van der Waals surface area contributed by atoms with Gasteiger partial charge >= 0.3 is 0 Å². The molecule has 32 heavy (non-hydrogen) atoms. The molecule has 3 aromatic heterocycles. The van der Waals surface area contributed by atoms with Gasteiger partial charge in [-0.15, -0.1) is 0 Å². The number of benzene rings is 1. The van der Waals surface area contributed by atoms with Crippen molar-refractivity contribution in [1.29, 1.82) is 0 Å². The molecule has 164 valence electrons. The minimum atomic E-state index is -0.267. The van der Waals surface area contributed by atoms with Crippen molar-refractivity contribution in [3.63, 3.8) is 0 Å². The van der Waals surface area contributed by atoms with Crippen molar-refractivity contribution >= 4 is 38.5 Å². The molecule has 5 rings (SSSR count). The molecule has 1 fully saturated rings. The lowest BCUT2D eigenvalue weighted by molar-refractivity contribution is 0.0341. The molecular formula is C23H23FN6OS. The van der Waals surface area contributed by atoms with Crippen LogP contribution in [-0.2, 0) is 11.3 Å². The third-order valence-corrected chi connectivity index (χ3v) is 6.21. The van der Waals surface area contributed by atoms with Crippen LogP contribution in [0.4, 0.5) is 21.2 Å². The van der Waals surface area contributed by atoms with Crippen LogP contribution in [-0.4, -0.2) is 53.2 Å². The van der Waals surface area contributed by atoms with Gasteiger partial charge in [-0.05, 0) is 35.4 Å². The second-order valence-electron chi connectivity index (χ2n) is 7.55. The summed E-state index contributed by atoms with van der Waals surface area (Å²) in [6.45, 7) is 4.34. The highest BCUT2D eigenvalue weighted by molar-refractivity contribution is 7.21. The second-order valence-corrected chi connectivity index (χ2v) is 8.53. The lowest BCUT2D eigenvalue weighted by atomic mass is 10.1. The number of halogens is 1. The number of hydrogen-bond donors (Lipinski definition) is 2. The number of aromatic nitrogens is 3. The van der Waals surface area contributed by atoms with Crippen molar-refractivity contribution in [1.82, 2.24) is 19.9 Å². The van der Waals surface area contributed by atoms with Gasteiger partial charge in [0.15, 0.2) is 5.13 Å². The Morgan fingerprint density at radius 2 is 1.88 bits per heavy atom. The normalized spacial score (nSPS) is 14.6. The Morgan fingerprint density at radius 3 is 2.59 bits per heavy atom. The molecule has 0 atom stereocenters. The average molecular weight is 451 g/mol. The van der Waals surface area contributed by atoms with Crippen LogP contribution in [0.2, 0.25) is 0 Å². The van der Waals surface area contributed by atoms with Crippen LogP contribution >= 0.6 is 11.3 Å². The number of thiazole rings is 1. The van der Waals surface area contributed by atoms with Crippen LogP contribution in [0.15, 0.2) is 48.7 Å². The summed E-state index contributed by atoms with van der Waals surface area (Å²) >= 11 is 1.46. The molecule has 1 saturated heterocycles. The average Bonchev–Trinajstić information content (AvgIpc) is 3.23. The third-order valence-electron chi connectivity index (χ3n) is 5.35. The van der Waals surface area contributed by atoms with Crippen molar-refractivity contribution in [3.05, 3.63) is 60.0 Å². The highest BCUT2D eigenvalue weighted by Gasteiger charge is 2.15. The van der Waals surface area contributed by atoms with E-state index in [1.54, 1.807) is 12.1 Å². The number of ether oxygens (including phenoxy) is 1. The number of fused-ring (bicyclic) bond motifs is 1. The quantitative estimate of drug-likeness (QED) is 0.448. The van der Waals surface area contributed by atoms with Gasteiger partial charge < -0.3 is 15.4 Å². The number of rotatable bonds is 6. The molecule has 0 amide bonds. The maximum Gasteiger partial charge on any atom is 0.190 e. The fourth-order valence-electron chi connectivity index (χ4n) is 3.66. The van der Waals surface area contributed by atoms with E-state index in [1.165, 1.54) is 29.0 Å². The number of morpholine rings is 1. The lowest BCUT2D eigenvalue weighted by Gasteiger charge is -2.26. The number of anilines is 3. The van der Waals surface area contributed by atoms with Gasteiger partial charge in [-0.3, -0.25) is 4.90 Å². The van der Waals surface area contributed by atoms with E-state index in [0.29, 0.717) is 5.13 Å². The van der Waals surface area contributed by atoms with Crippen molar-refractivity contribution in [3.8, 4) is 11.1 Å².